The Hall–Kier alpha value is -4.06. The van der Waals surface area contributed by atoms with Crippen molar-refractivity contribution in [3.63, 3.8) is 0 Å². The molecule has 0 heterocycles. The number of ether oxygens (including phenoxy) is 2. The fourth-order valence-corrected chi connectivity index (χ4v) is 3.41. The van der Waals surface area contributed by atoms with Gasteiger partial charge in [0, 0.05) is 22.6 Å². The van der Waals surface area contributed by atoms with Crippen LogP contribution in [0.15, 0.2) is 84.0 Å². The first kappa shape index (κ1) is 20.2. The number of carbonyl (C=O) groups excluding carboxylic acids is 4. The van der Waals surface area contributed by atoms with Crippen LogP contribution in [0, 0.1) is 11.8 Å². The number of aldehydes is 2. The molecule has 0 spiro atoms. The van der Waals surface area contributed by atoms with Gasteiger partial charge in [0.15, 0.2) is 0 Å². The Labute approximate surface area is 178 Å². The molecule has 0 aliphatic heterocycles. The lowest BCUT2D eigenvalue weighted by Gasteiger charge is -2.23. The van der Waals surface area contributed by atoms with Gasteiger partial charge < -0.3 is 14.3 Å². The third kappa shape index (κ3) is 3.88. The molecule has 2 unspecified atom stereocenters. The second-order valence-electron chi connectivity index (χ2n) is 7.26. The molecule has 2 aromatic carbocycles. The third-order valence-corrected chi connectivity index (χ3v) is 5.15. The zero-order chi connectivity index (χ0) is 22.0. The normalized spacial score (nSPS) is 20.1. The van der Waals surface area contributed by atoms with Crippen molar-refractivity contribution >= 4 is 24.1 Å². The van der Waals surface area contributed by atoms with Gasteiger partial charge in [0.2, 0.25) is 23.1 Å². The second-order valence-corrected chi connectivity index (χ2v) is 7.26. The van der Waals surface area contributed by atoms with Gasteiger partial charge in [-0.25, -0.2) is 0 Å². The maximum Gasteiger partial charge on any atom is 0.233 e. The van der Waals surface area contributed by atoms with Crippen LogP contribution in [0.2, 0.25) is 0 Å². The van der Waals surface area contributed by atoms with Crippen molar-refractivity contribution in [1.82, 2.24) is 0 Å². The third-order valence-electron chi connectivity index (χ3n) is 5.15. The molecule has 0 saturated heterocycles. The van der Waals surface area contributed by atoms with Gasteiger partial charge in [-0.3, -0.25) is 14.4 Å². The molecule has 31 heavy (non-hydrogen) atoms. The average molecular weight is 414 g/mol. The van der Waals surface area contributed by atoms with Crippen molar-refractivity contribution in [1.29, 1.82) is 0 Å². The van der Waals surface area contributed by atoms with Gasteiger partial charge in [0.05, 0.1) is 0 Å². The van der Waals surface area contributed by atoms with Crippen LogP contribution < -0.4 is 4.74 Å². The summed E-state index contributed by atoms with van der Waals surface area (Å²) >= 11 is 0. The Morgan fingerprint density at radius 2 is 1.55 bits per heavy atom. The molecule has 2 aliphatic carbocycles. The van der Waals surface area contributed by atoms with Gasteiger partial charge >= 0.3 is 0 Å². The summed E-state index contributed by atoms with van der Waals surface area (Å²) < 4.78 is 11.6. The molecular weight excluding hydrogens is 396 g/mol. The minimum absolute atomic E-state index is 0.00922. The summed E-state index contributed by atoms with van der Waals surface area (Å²) in [4.78, 5) is 48.8. The van der Waals surface area contributed by atoms with E-state index < -0.39 is 17.5 Å². The lowest BCUT2D eigenvalue weighted by Crippen LogP contribution is -2.26. The maximum atomic E-state index is 13.2. The highest BCUT2D eigenvalue weighted by Gasteiger charge is 2.36. The highest BCUT2D eigenvalue weighted by molar-refractivity contribution is 6.25. The molecule has 154 valence electrons. The lowest BCUT2D eigenvalue weighted by molar-refractivity contribution is -0.110. The smallest absolute Gasteiger partial charge is 0.233 e. The zero-order valence-electron chi connectivity index (χ0n) is 16.6. The van der Waals surface area contributed by atoms with Crippen LogP contribution in [0.1, 0.15) is 38.0 Å². The summed E-state index contributed by atoms with van der Waals surface area (Å²) in [5, 5.41) is 0. The van der Waals surface area contributed by atoms with Crippen LogP contribution in [-0.4, -0.2) is 24.1 Å². The van der Waals surface area contributed by atoms with E-state index in [1.165, 1.54) is 6.07 Å². The van der Waals surface area contributed by atoms with E-state index >= 15 is 0 Å². The molecule has 0 N–H and O–H groups in total. The monoisotopic (exact) mass is 414 g/mol. The molecule has 0 amide bonds. The minimum Gasteiger partial charge on any atom is -0.449 e. The molecular formula is C25H18O6. The largest absolute Gasteiger partial charge is 0.449 e. The van der Waals surface area contributed by atoms with Gasteiger partial charge in [-0.15, -0.1) is 0 Å². The van der Waals surface area contributed by atoms with Gasteiger partial charge in [0.25, 0.3) is 0 Å². The van der Waals surface area contributed by atoms with Crippen molar-refractivity contribution < 1.29 is 28.7 Å². The number of benzene rings is 2. The van der Waals surface area contributed by atoms with E-state index in [2.05, 4.69) is 0 Å². The average Bonchev–Trinajstić information content (AvgIpc) is 2.80. The van der Waals surface area contributed by atoms with Gasteiger partial charge in [-0.1, -0.05) is 49.4 Å². The predicted octanol–water partition coefficient (Wildman–Crippen LogP) is 4.09. The van der Waals surface area contributed by atoms with Crippen molar-refractivity contribution in [3.05, 3.63) is 101 Å². The van der Waals surface area contributed by atoms with Crippen molar-refractivity contribution in [2.24, 2.45) is 11.8 Å². The van der Waals surface area contributed by atoms with Crippen LogP contribution in [0.5, 0.6) is 5.75 Å². The van der Waals surface area contributed by atoms with Crippen molar-refractivity contribution in [3.8, 4) is 5.75 Å². The molecule has 2 atom stereocenters. The number of carbonyl (C=O) groups is 4. The molecule has 0 bridgehead atoms. The number of hydrogen-bond acceptors (Lipinski definition) is 6. The second kappa shape index (κ2) is 8.36. The zero-order valence-corrected chi connectivity index (χ0v) is 16.6. The molecule has 0 aromatic heterocycles. The van der Waals surface area contributed by atoms with E-state index in [1.807, 2.05) is 6.92 Å². The molecule has 0 fully saturated rings. The number of rotatable bonds is 6. The molecule has 2 aliphatic rings. The SMILES string of the molecule is CC1C=CC(OC2=C(Oc3cccc(C=O)c3)C(=O)c3ccccc3C2=O)=CC1C=O. The standard InChI is InChI=1S/C25H18O6/c1-15-9-10-19(12-17(15)14-27)31-25-23(29)21-8-3-2-7-20(21)22(28)24(25)30-18-6-4-5-16(11-18)13-26/h2-15,17H,1H3. The first-order valence-corrected chi connectivity index (χ1v) is 9.70. The van der Waals surface area contributed by atoms with Crippen LogP contribution >= 0.6 is 0 Å². The first-order chi connectivity index (χ1) is 15.0. The summed E-state index contributed by atoms with van der Waals surface area (Å²) in [5.41, 5.74) is 0.766. The number of allylic oxidation sites excluding steroid dienone is 5. The summed E-state index contributed by atoms with van der Waals surface area (Å²) in [6.45, 7) is 1.89. The summed E-state index contributed by atoms with van der Waals surface area (Å²) in [7, 11) is 0. The Balaban J connectivity index is 1.79. The quantitative estimate of drug-likeness (QED) is 0.662. The van der Waals surface area contributed by atoms with Crippen LogP contribution in [-0.2, 0) is 9.53 Å². The van der Waals surface area contributed by atoms with Crippen molar-refractivity contribution in [2.45, 2.75) is 6.92 Å². The van der Waals surface area contributed by atoms with Crippen LogP contribution in [0.25, 0.3) is 0 Å². The minimum atomic E-state index is -0.512. The highest BCUT2D eigenvalue weighted by Crippen LogP contribution is 2.32. The topological polar surface area (TPSA) is 86.7 Å². The van der Waals surface area contributed by atoms with E-state index in [4.69, 9.17) is 9.47 Å². The fraction of sp³-hybridized carbons (Fsp3) is 0.120. The lowest BCUT2D eigenvalue weighted by atomic mass is 9.90. The van der Waals surface area contributed by atoms with Gasteiger partial charge in [-0.05, 0) is 30.2 Å². The first-order valence-electron chi connectivity index (χ1n) is 9.70. The van der Waals surface area contributed by atoms with Crippen LogP contribution in [0.3, 0.4) is 0 Å². The molecule has 0 radical (unpaired) electrons. The number of Topliss-reactive ketones (excluding diaryl/α,β-unsaturated/α-hetero) is 2. The molecule has 0 saturated carbocycles. The van der Waals surface area contributed by atoms with E-state index in [1.54, 1.807) is 60.7 Å². The summed E-state index contributed by atoms with van der Waals surface area (Å²) in [6.07, 6.45) is 6.51. The summed E-state index contributed by atoms with van der Waals surface area (Å²) in [6, 6.07) is 12.6. The number of fused-ring (bicyclic) bond motifs is 1. The van der Waals surface area contributed by atoms with E-state index in [0.717, 1.165) is 6.29 Å². The van der Waals surface area contributed by atoms with E-state index in [0.29, 0.717) is 11.8 Å². The van der Waals surface area contributed by atoms with Crippen LogP contribution in [0.4, 0.5) is 0 Å². The molecule has 4 rings (SSSR count). The van der Waals surface area contributed by atoms with E-state index in [-0.39, 0.29) is 40.1 Å². The van der Waals surface area contributed by atoms with E-state index in [9.17, 15) is 19.2 Å². The van der Waals surface area contributed by atoms with Crippen molar-refractivity contribution in [2.75, 3.05) is 0 Å². The van der Waals surface area contributed by atoms with Gasteiger partial charge in [-0.2, -0.15) is 0 Å². The Kier molecular flexibility index (Phi) is 5.45. The highest BCUT2D eigenvalue weighted by atomic mass is 16.5. The van der Waals surface area contributed by atoms with Gasteiger partial charge in [0.1, 0.15) is 24.1 Å². The maximum absolute atomic E-state index is 13.2. The fourth-order valence-electron chi connectivity index (χ4n) is 3.41. The number of hydrogen-bond donors (Lipinski definition) is 0. The number of ketones is 2. The Bertz CT molecular complexity index is 1180. The predicted molar refractivity (Wildman–Crippen MR) is 112 cm³/mol. The Morgan fingerprint density at radius 3 is 2.19 bits per heavy atom. The Morgan fingerprint density at radius 1 is 0.871 bits per heavy atom. The molecule has 6 nitrogen and oxygen atoms in total. The summed E-state index contributed by atoms with van der Waals surface area (Å²) in [5.74, 6) is -1.49. The molecule has 6 heteroatoms. The molecule has 2 aromatic rings.